The molecule has 8 heteroatoms. The van der Waals surface area contributed by atoms with Crippen LogP contribution in [0, 0.1) is 0 Å². The van der Waals surface area contributed by atoms with Gasteiger partial charge < -0.3 is 9.80 Å². The van der Waals surface area contributed by atoms with Gasteiger partial charge in [-0.1, -0.05) is 25.1 Å². The molecule has 3 heterocycles. The van der Waals surface area contributed by atoms with Crippen LogP contribution < -0.4 is 4.90 Å². The van der Waals surface area contributed by atoms with Gasteiger partial charge in [-0.2, -0.15) is 5.10 Å². The van der Waals surface area contributed by atoms with Crippen molar-refractivity contribution in [1.29, 1.82) is 0 Å². The number of anilines is 1. The van der Waals surface area contributed by atoms with E-state index >= 15 is 0 Å². The fourth-order valence-corrected chi connectivity index (χ4v) is 3.80. The third kappa shape index (κ3) is 3.92. The number of aromatic nitrogens is 4. The molecule has 1 fully saturated rings. The van der Waals surface area contributed by atoms with Crippen molar-refractivity contribution in [1.82, 2.24) is 24.6 Å². The standard InChI is InChI=1S/C21H25ClN6O/c1-3-7-18-24-19(26-10-12-27(13-11-26)21(29)15(2)22)17-14-23-28(20(17)25-18)16-8-5-4-6-9-16/h4-6,8-9,14-15H,3,7,10-13H2,1-2H3. The molecule has 29 heavy (non-hydrogen) atoms. The number of carbonyl (C=O) groups is 1. The molecule has 1 unspecified atom stereocenters. The van der Waals surface area contributed by atoms with E-state index in [1.54, 1.807) is 6.92 Å². The quantitative estimate of drug-likeness (QED) is 0.602. The van der Waals surface area contributed by atoms with Gasteiger partial charge in [0.15, 0.2) is 5.65 Å². The van der Waals surface area contributed by atoms with Crippen LogP contribution in [0.5, 0.6) is 0 Å². The van der Waals surface area contributed by atoms with Gasteiger partial charge >= 0.3 is 0 Å². The number of hydrogen-bond acceptors (Lipinski definition) is 5. The van der Waals surface area contributed by atoms with E-state index in [4.69, 9.17) is 21.6 Å². The number of alkyl halides is 1. The molecule has 0 radical (unpaired) electrons. The van der Waals surface area contributed by atoms with Gasteiger partial charge in [-0.25, -0.2) is 14.6 Å². The molecule has 1 aliphatic rings. The van der Waals surface area contributed by atoms with Crippen LogP contribution in [0.4, 0.5) is 5.82 Å². The first-order valence-corrected chi connectivity index (χ1v) is 10.5. The molecule has 1 atom stereocenters. The van der Waals surface area contributed by atoms with Crippen LogP contribution in [0.3, 0.4) is 0 Å². The lowest BCUT2D eigenvalue weighted by atomic mass is 10.2. The number of fused-ring (bicyclic) bond motifs is 1. The van der Waals surface area contributed by atoms with Crippen LogP contribution in [0.1, 0.15) is 26.1 Å². The molecule has 1 saturated heterocycles. The molecule has 2 aromatic heterocycles. The molecular formula is C21H25ClN6O. The highest BCUT2D eigenvalue weighted by Crippen LogP contribution is 2.27. The van der Waals surface area contributed by atoms with E-state index in [2.05, 4.69) is 16.9 Å². The highest BCUT2D eigenvalue weighted by atomic mass is 35.5. The van der Waals surface area contributed by atoms with Gasteiger partial charge in [0.2, 0.25) is 5.91 Å². The van der Waals surface area contributed by atoms with Crippen molar-refractivity contribution in [2.75, 3.05) is 31.1 Å². The highest BCUT2D eigenvalue weighted by molar-refractivity contribution is 6.30. The second-order valence-electron chi connectivity index (χ2n) is 7.27. The third-order valence-electron chi connectivity index (χ3n) is 5.16. The van der Waals surface area contributed by atoms with E-state index in [9.17, 15) is 4.79 Å². The highest BCUT2D eigenvalue weighted by Gasteiger charge is 2.26. The molecule has 0 saturated carbocycles. The first-order valence-electron chi connectivity index (χ1n) is 10.1. The normalized spacial score (nSPS) is 15.7. The zero-order valence-electron chi connectivity index (χ0n) is 16.8. The number of hydrogen-bond donors (Lipinski definition) is 0. The summed E-state index contributed by atoms with van der Waals surface area (Å²) in [5, 5.41) is 5.03. The molecular weight excluding hydrogens is 388 g/mol. The van der Waals surface area contributed by atoms with E-state index in [1.165, 1.54) is 0 Å². The molecule has 4 rings (SSSR count). The summed E-state index contributed by atoms with van der Waals surface area (Å²) in [6.07, 6.45) is 3.62. The van der Waals surface area contributed by atoms with Crippen molar-refractivity contribution >= 4 is 34.4 Å². The fourth-order valence-electron chi connectivity index (χ4n) is 3.66. The first kappa shape index (κ1) is 19.6. The zero-order valence-corrected chi connectivity index (χ0v) is 17.5. The molecule has 0 bridgehead atoms. The number of nitrogens with zero attached hydrogens (tertiary/aromatic N) is 6. The minimum atomic E-state index is -0.493. The van der Waals surface area contributed by atoms with Crippen LogP contribution in [0.2, 0.25) is 0 Å². The number of aryl methyl sites for hydroxylation is 1. The molecule has 0 aliphatic carbocycles. The predicted octanol–water partition coefficient (Wildman–Crippen LogP) is 3.04. The Morgan fingerprint density at radius 1 is 1.14 bits per heavy atom. The minimum absolute atomic E-state index is 0.0114. The molecule has 0 spiro atoms. The van der Waals surface area contributed by atoms with Gasteiger partial charge in [-0.05, 0) is 25.5 Å². The number of benzene rings is 1. The third-order valence-corrected chi connectivity index (χ3v) is 5.35. The Kier molecular flexibility index (Phi) is 5.67. The maximum absolute atomic E-state index is 12.2. The number of rotatable bonds is 5. The average Bonchev–Trinajstić information content (AvgIpc) is 3.17. The Morgan fingerprint density at radius 3 is 2.52 bits per heavy atom. The second-order valence-corrected chi connectivity index (χ2v) is 7.93. The van der Waals surface area contributed by atoms with E-state index in [0.29, 0.717) is 26.2 Å². The van der Waals surface area contributed by atoms with E-state index in [1.807, 2.05) is 46.1 Å². The lowest BCUT2D eigenvalue weighted by Crippen LogP contribution is -2.50. The topological polar surface area (TPSA) is 67.2 Å². The molecule has 1 aromatic carbocycles. The predicted molar refractivity (Wildman–Crippen MR) is 115 cm³/mol. The lowest BCUT2D eigenvalue weighted by Gasteiger charge is -2.36. The van der Waals surface area contributed by atoms with E-state index in [0.717, 1.165) is 41.2 Å². The second kappa shape index (κ2) is 8.37. The van der Waals surface area contributed by atoms with Gasteiger partial charge in [0, 0.05) is 32.6 Å². The van der Waals surface area contributed by atoms with Gasteiger partial charge in [0.25, 0.3) is 0 Å². The van der Waals surface area contributed by atoms with Crippen LogP contribution in [-0.4, -0.2) is 62.1 Å². The Hall–Kier alpha value is -2.67. The minimum Gasteiger partial charge on any atom is -0.352 e. The maximum Gasteiger partial charge on any atom is 0.240 e. The molecule has 1 aliphatic heterocycles. The van der Waals surface area contributed by atoms with Crippen LogP contribution in [0.25, 0.3) is 16.7 Å². The largest absolute Gasteiger partial charge is 0.352 e. The number of carbonyl (C=O) groups excluding carboxylic acids is 1. The summed E-state index contributed by atoms with van der Waals surface area (Å²) in [6, 6.07) is 10.0. The van der Waals surface area contributed by atoms with Crippen molar-refractivity contribution in [3.63, 3.8) is 0 Å². The van der Waals surface area contributed by atoms with Gasteiger partial charge in [0.05, 0.1) is 17.3 Å². The summed E-state index contributed by atoms with van der Waals surface area (Å²) in [5.41, 5.74) is 1.79. The molecule has 3 aromatic rings. The Labute approximate surface area is 175 Å². The van der Waals surface area contributed by atoms with Crippen molar-refractivity contribution in [2.45, 2.75) is 32.1 Å². The summed E-state index contributed by atoms with van der Waals surface area (Å²) >= 11 is 5.97. The van der Waals surface area contributed by atoms with Gasteiger partial charge in [-0.3, -0.25) is 4.79 Å². The summed E-state index contributed by atoms with van der Waals surface area (Å²) in [5.74, 6) is 1.70. The van der Waals surface area contributed by atoms with Gasteiger partial charge in [0.1, 0.15) is 17.0 Å². The van der Waals surface area contributed by atoms with Crippen molar-refractivity contribution < 1.29 is 4.79 Å². The van der Waals surface area contributed by atoms with E-state index in [-0.39, 0.29) is 5.91 Å². The molecule has 1 amide bonds. The summed E-state index contributed by atoms with van der Waals surface area (Å²) in [6.45, 7) is 6.54. The monoisotopic (exact) mass is 412 g/mol. The Morgan fingerprint density at radius 2 is 1.86 bits per heavy atom. The molecule has 7 nitrogen and oxygen atoms in total. The number of piperazine rings is 1. The zero-order chi connectivity index (χ0) is 20.4. The van der Waals surface area contributed by atoms with Crippen LogP contribution in [0.15, 0.2) is 36.5 Å². The van der Waals surface area contributed by atoms with Crippen LogP contribution in [-0.2, 0) is 11.2 Å². The van der Waals surface area contributed by atoms with Crippen LogP contribution >= 0.6 is 11.6 Å². The maximum atomic E-state index is 12.2. The molecule has 152 valence electrons. The summed E-state index contributed by atoms with van der Waals surface area (Å²) < 4.78 is 1.87. The number of halogens is 1. The average molecular weight is 413 g/mol. The summed E-state index contributed by atoms with van der Waals surface area (Å²) in [7, 11) is 0. The lowest BCUT2D eigenvalue weighted by molar-refractivity contribution is -0.130. The number of amides is 1. The van der Waals surface area contributed by atoms with E-state index < -0.39 is 5.38 Å². The fraction of sp³-hybridized carbons (Fsp3) is 0.429. The number of para-hydroxylation sites is 1. The Bertz CT molecular complexity index is 995. The van der Waals surface area contributed by atoms with Gasteiger partial charge in [-0.15, -0.1) is 11.6 Å². The first-order chi connectivity index (χ1) is 14.1. The Balaban J connectivity index is 1.69. The smallest absolute Gasteiger partial charge is 0.240 e. The van der Waals surface area contributed by atoms with Crippen molar-refractivity contribution in [3.8, 4) is 5.69 Å². The SMILES string of the molecule is CCCc1nc(N2CCN(C(=O)C(C)Cl)CC2)c2cnn(-c3ccccc3)c2n1. The van der Waals surface area contributed by atoms with Crippen molar-refractivity contribution in [2.24, 2.45) is 0 Å². The molecule has 0 N–H and O–H groups in total. The summed E-state index contributed by atoms with van der Waals surface area (Å²) in [4.78, 5) is 25.9. The van der Waals surface area contributed by atoms with Crippen molar-refractivity contribution in [3.05, 3.63) is 42.4 Å².